The molecule has 2 nitrogen and oxygen atoms in total. The topological polar surface area (TPSA) is 15.3 Å². The second-order valence-corrected chi connectivity index (χ2v) is 7.12. The molecule has 102 valence electrons. The van der Waals surface area contributed by atoms with Crippen molar-refractivity contribution in [3.05, 3.63) is 0 Å². The molecule has 0 spiro atoms. The van der Waals surface area contributed by atoms with Crippen molar-refractivity contribution < 1.29 is 0 Å². The van der Waals surface area contributed by atoms with Crippen LogP contribution in [0, 0.1) is 11.8 Å². The van der Waals surface area contributed by atoms with Crippen LogP contribution in [0.25, 0.3) is 0 Å². The maximum atomic E-state index is 3.59. The molecule has 1 aliphatic rings. The molecule has 1 heterocycles. The molecule has 2 atom stereocenters. The summed E-state index contributed by atoms with van der Waals surface area (Å²) in [5.74, 6) is 1.66. The lowest BCUT2D eigenvalue weighted by Gasteiger charge is -2.18. The first kappa shape index (κ1) is 15.3. The van der Waals surface area contributed by atoms with Crippen molar-refractivity contribution >= 4 is 11.8 Å². The quantitative estimate of drug-likeness (QED) is 0.721. The minimum atomic E-state index is 0.773. The molecule has 3 heteroatoms. The van der Waals surface area contributed by atoms with Crippen molar-refractivity contribution in [3.8, 4) is 0 Å². The lowest BCUT2D eigenvalue weighted by molar-refractivity contribution is 0.316. The normalized spacial score (nSPS) is 23.5. The Balaban J connectivity index is 2.06. The van der Waals surface area contributed by atoms with E-state index < -0.39 is 0 Å². The first-order valence-electron chi connectivity index (χ1n) is 7.07. The average molecular weight is 258 g/mol. The zero-order chi connectivity index (χ0) is 12.7. The van der Waals surface area contributed by atoms with Crippen LogP contribution in [0.1, 0.15) is 33.6 Å². The molecule has 0 aliphatic carbocycles. The number of hydrogen-bond donors (Lipinski definition) is 1. The summed E-state index contributed by atoms with van der Waals surface area (Å²) in [6, 6.07) is 0. The van der Waals surface area contributed by atoms with E-state index in [-0.39, 0.29) is 0 Å². The van der Waals surface area contributed by atoms with Crippen molar-refractivity contribution in [2.24, 2.45) is 11.8 Å². The van der Waals surface area contributed by atoms with Crippen LogP contribution in [-0.2, 0) is 0 Å². The van der Waals surface area contributed by atoms with E-state index in [4.69, 9.17) is 0 Å². The lowest BCUT2D eigenvalue weighted by Crippen LogP contribution is -2.29. The Morgan fingerprint density at radius 3 is 2.76 bits per heavy atom. The van der Waals surface area contributed by atoms with Crippen LogP contribution in [0.5, 0.6) is 0 Å². The van der Waals surface area contributed by atoms with Gasteiger partial charge in [-0.3, -0.25) is 0 Å². The fourth-order valence-corrected chi connectivity index (χ4v) is 2.68. The van der Waals surface area contributed by atoms with Gasteiger partial charge in [-0.25, -0.2) is 0 Å². The fourth-order valence-electron chi connectivity index (χ4n) is 2.34. The van der Waals surface area contributed by atoms with Gasteiger partial charge in [0.15, 0.2) is 0 Å². The second kappa shape index (κ2) is 8.39. The Morgan fingerprint density at radius 2 is 2.12 bits per heavy atom. The van der Waals surface area contributed by atoms with Crippen molar-refractivity contribution in [2.75, 3.05) is 39.0 Å². The standard InChI is InChI=1S/C14H30N2S/c1-12(2)9-15-10-14-6-8-16(11-14)7-5-13(3)17-4/h12-15H,5-11H2,1-4H3. The van der Waals surface area contributed by atoms with Gasteiger partial charge in [-0.15, -0.1) is 0 Å². The number of nitrogens with zero attached hydrogens (tertiary/aromatic N) is 1. The van der Waals surface area contributed by atoms with Gasteiger partial charge in [-0.2, -0.15) is 11.8 Å². The van der Waals surface area contributed by atoms with Crippen molar-refractivity contribution in [1.29, 1.82) is 0 Å². The number of nitrogens with one attached hydrogen (secondary N) is 1. The highest BCUT2D eigenvalue weighted by Gasteiger charge is 2.21. The largest absolute Gasteiger partial charge is 0.316 e. The SMILES string of the molecule is CSC(C)CCN1CCC(CNCC(C)C)C1. The summed E-state index contributed by atoms with van der Waals surface area (Å²) < 4.78 is 0. The minimum absolute atomic E-state index is 0.773. The number of hydrogen-bond acceptors (Lipinski definition) is 3. The van der Waals surface area contributed by atoms with Gasteiger partial charge in [-0.1, -0.05) is 20.8 Å². The van der Waals surface area contributed by atoms with Crippen molar-refractivity contribution in [2.45, 2.75) is 38.9 Å². The van der Waals surface area contributed by atoms with Crippen LogP contribution in [0.3, 0.4) is 0 Å². The van der Waals surface area contributed by atoms with E-state index in [9.17, 15) is 0 Å². The van der Waals surface area contributed by atoms with Crippen LogP contribution < -0.4 is 5.32 Å². The second-order valence-electron chi connectivity index (χ2n) is 5.84. The summed E-state index contributed by atoms with van der Waals surface area (Å²) >= 11 is 1.99. The monoisotopic (exact) mass is 258 g/mol. The fraction of sp³-hybridized carbons (Fsp3) is 1.00. The third-order valence-corrected chi connectivity index (χ3v) is 4.65. The predicted octanol–water partition coefficient (Wildman–Crippen LogP) is 2.70. The summed E-state index contributed by atoms with van der Waals surface area (Å²) in [6.07, 6.45) is 4.94. The maximum absolute atomic E-state index is 3.59. The summed E-state index contributed by atoms with van der Waals surface area (Å²) in [4.78, 5) is 2.65. The molecule has 1 aliphatic heterocycles. The van der Waals surface area contributed by atoms with Crippen LogP contribution in [0.4, 0.5) is 0 Å². The Kier molecular flexibility index (Phi) is 7.56. The van der Waals surface area contributed by atoms with Crippen molar-refractivity contribution in [1.82, 2.24) is 10.2 Å². The molecule has 0 amide bonds. The summed E-state index contributed by atoms with van der Waals surface area (Å²) in [5.41, 5.74) is 0. The molecular weight excluding hydrogens is 228 g/mol. The molecule has 0 saturated carbocycles. The van der Waals surface area contributed by atoms with Crippen LogP contribution >= 0.6 is 11.8 Å². The number of likely N-dealkylation sites (tertiary alicyclic amines) is 1. The highest BCUT2D eigenvalue weighted by molar-refractivity contribution is 7.99. The molecule has 0 aromatic carbocycles. The molecule has 0 aromatic rings. The molecule has 2 unspecified atom stereocenters. The first-order valence-corrected chi connectivity index (χ1v) is 8.36. The minimum Gasteiger partial charge on any atom is -0.316 e. The van der Waals surface area contributed by atoms with E-state index >= 15 is 0 Å². The van der Waals surface area contributed by atoms with Gasteiger partial charge in [-0.05, 0) is 57.1 Å². The zero-order valence-electron chi connectivity index (χ0n) is 12.0. The maximum Gasteiger partial charge on any atom is 0.00281 e. The van der Waals surface area contributed by atoms with Gasteiger partial charge in [0, 0.05) is 11.8 Å². The molecule has 1 fully saturated rings. The lowest BCUT2D eigenvalue weighted by atomic mass is 10.1. The van der Waals surface area contributed by atoms with E-state index in [0.29, 0.717) is 0 Å². The molecule has 0 radical (unpaired) electrons. The molecule has 1 saturated heterocycles. The zero-order valence-corrected chi connectivity index (χ0v) is 12.9. The first-order chi connectivity index (χ1) is 8.11. The molecule has 1 N–H and O–H groups in total. The summed E-state index contributed by atoms with van der Waals surface area (Å²) in [7, 11) is 0. The molecule has 1 rings (SSSR count). The van der Waals surface area contributed by atoms with Crippen LogP contribution in [0.2, 0.25) is 0 Å². The Bertz CT molecular complexity index is 197. The van der Waals surface area contributed by atoms with Gasteiger partial charge in [0.2, 0.25) is 0 Å². The summed E-state index contributed by atoms with van der Waals surface area (Å²) in [6.45, 7) is 13.2. The summed E-state index contributed by atoms with van der Waals surface area (Å²) in [5, 5.41) is 4.41. The smallest absolute Gasteiger partial charge is 0.00281 e. The van der Waals surface area contributed by atoms with Gasteiger partial charge in [0.25, 0.3) is 0 Å². The Morgan fingerprint density at radius 1 is 1.35 bits per heavy atom. The molecular formula is C14H30N2S. The van der Waals surface area contributed by atoms with E-state index in [1.165, 1.54) is 45.6 Å². The van der Waals surface area contributed by atoms with Gasteiger partial charge in [0.1, 0.15) is 0 Å². The van der Waals surface area contributed by atoms with Gasteiger partial charge >= 0.3 is 0 Å². The van der Waals surface area contributed by atoms with Crippen molar-refractivity contribution in [3.63, 3.8) is 0 Å². The molecule has 0 bridgehead atoms. The number of rotatable bonds is 8. The van der Waals surface area contributed by atoms with Gasteiger partial charge in [0.05, 0.1) is 0 Å². The third kappa shape index (κ3) is 6.68. The Labute approximate surface area is 112 Å². The van der Waals surface area contributed by atoms with E-state index in [0.717, 1.165) is 17.1 Å². The Hall–Kier alpha value is 0.270. The highest BCUT2D eigenvalue weighted by atomic mass is 32.2. The molecule has 0 aromatic heterocycles. The van der Waals surface area contributed by atoms with E-state index in [1.54, 1.807) is 0 Å². The van der Waals surface area contributed by atoms with Crippen LogP contribution in [0.15, 0.2) is 0 Å². The van der Waals surface area contributed by atoms with E-state index in [2.05, 4.69) is 37.2 Å². The van der Waals surface area contributed by atoms with Crippen LogP contribution in [-0.4, -0.2) is 49.1 Å². The number of thioether (sulfide) groups is 1. The average Bonchev–Trinajstić information content (AvgIpc) is 2.73. The van der Waals surface area contributed by atoms with Gasteiger partial charge < -0.3 is 10.2 Å². The molecule has 17 heavy (non-hydrogen) atoms. The highest BCUT2D eigenvalue weighted by Crippen LogP contribution is 2.18. The van der Waals surface area contributed by atoms with E-state index in [1.807, 2.05) is 11.8 Å². The predicted molar refractivity (Wildman–Crippen MR) is 79.8 cm³/mol. The third-order valence-electron chi connectivity index (χ3n) is 3.61.